The fourth-order valence-corrected chi connectivity index (χ4v) is 2.90. The molecule has 1 aromatic carbocycles. The fourth-order valence-electron chi connectivity index (χ4n) is 2.90. The summed E-state index contributed by atoms with van der Waals surface area (Å²) in [5.41, 5.74) is 6.48. The monoisotopic (exact) mass is 498 g/mol. The number of carbonyl (C=O) groups excluding carboxylic acids is 3. The molecule has 0 heterocycles. The summed E-state index contributed by atoms with van der Waals surface area (Å²) in [6, 6.07) is -0.0759. The summed E-state index contributed by atoms with van der Waals surface area (Å²) in [5, 5.41) is 52.7. The highest BCUT2D eigenvalue weighted by Gasteiger charge is 2.31. The zero-order chi connectivity index (χ0) is 26.7. The number of rotatable bonds is 14. The number of nitrogens with two attached hydrogens (primary N) is 1. The van der Waals surface area contributed by atoms with Gasteiger partial charge in [0.2, 0.25) is 17.7 Å². The molecular formula is C21H30N4O10. The molecule has 0 saturated heterocycles. The summed E-state index contributed by atoms with van der Waals surface area (Å²) in [6.45, 7) is 0.161. The van der Waals surface area contributed by atoms with E-state index in [1.165, 1.54) is 12.1 Å². The Hall–Kier alpha value is -3.75. The van der Waals surface area contributed by atoms with E-state index < -0.39 is 73.0 Å². The van der Waals surface area contributed by atoms with Crippen molar-refractivity contribution < 1.29 is 49.5 Å². The van der Waals surface area contributed by atoms with Crippen molar-refractivity contribution in [3.05, 3.63) is 29.8 Å². The average molecular weight is 498 g/mol. The molecule has 0 spiro atoms. The van der Waals surface area contributed by atoms with Crippen LogP contribution in [-0.4, -0.2) is 92.1 Å². The number of phenols is 1. The lowest BCUT2D eigenvalue weighted by Crippen LogP contribution is -2.59. The zero-order valence-corrected chi connectivity index (χ0v) is 18.9. The summed E-state index contributed by atoms with van der Waals surface area (Å²) in [4.78, 5) is 59.6. The maximum absolute atomic E-state index is 12.7. The molecule has 0 aliphatic carbocycles. The second-order valence-electron chi connectivity index (χ2n) is 7.78. The van der Waals surface area contributed by atoms with Crippen molar-refractivity contribution in [1.29, 1.82) is 0 Å². The lowest BCUT2D eigenvalue weighted by Gasteiger charge is -2.24. The number of aliphatic hydroxyl groups excluding tert-OH is 2. The summed E-state index contributed by atoms with van der Waals surface area (Å²) in [6.07, 6.45) is -2.34. The molecule has 1 aromatic rings. The first-order valence-electron chi connectivity index (χ1n) is 10.5. The van der Waals surface area contributed by atoms with Gasteiger partial charge in [-0.2, -0.15) is 0 Å². The van der Waals surface area contributed by atoms with E-state index in [1.54, 1.807) is 12.1 Å². The van der Waals surface area contributed by atoms with Crippen LogP contribution in [-0.2, 0) is 30.4 Å². The van der Waals surface area contributed by atoms with E-state index in [2.05, 4.69) is 10.6 Å². The van der Waals surface area contributed by atoms with Crippen molar-refractivity contribution in [2.75, 3.05) is 6.61 Å². The second kappa shape index (κ2) is 13.8. The number of carboxylic acids is 2. The van der Waals surface area contributed by atoms with Crippen LogP contribution >= 0.6 is 0 Å². The number of benzene rings is 1. The minimum absolute atomic E-state index is 0.0165. The molecule has 0 aliphatic rings. The molecule has 0 saturated carbocycles. The normalized spacial score (nSPS) is 15.1. The van der Waals surface area contributed by atoms with Crippen molar-refractivity contribution in [3.8, 4) is 5.75 Å². The molecule has 14 nitrogen and oxygen atoms in total. The molecule has 1 rings (SSSR count). The summed E-state index contributed by atoms with van der Waals surface area (Å²) in [5.74, 6) is -5.74. The predicted molar refractivity (Wildman–Crippen MR) is 119 cm³/mol. The molecule has 0 aliphatic heterocycles. The third-order valence-electron chi connectivity index (χ3n) is 4.87. The summed E-state index contributed by atoms with van der Waals surface area (Å²) >= 11 is 0. The van der Waals surface area contributed by atoms with Gasteiger partial charge in [0.05, 0.1) is 18.8 Å². The Bertz CT molecular complexity index is 906. The molecule has 0 aromatic heterocycles. The van der Waals surface area contributed by atoms with Gasteiger partial charge < -0.3 is 47.2 Å². The topological polar surface area (TPSA) is 249 Å². The molecule has 10 N–H and O–H groups in total. The lowest BCUT2D eigenvalue weighted by molar-refractivity contribution is -0.145. The molecule has 35 heavy (non-hydrogen) atoms. The van der Waals surface area contributed by atoms with E-state index in [1.807, 2.05) is 5.32 Å². The first-order valence-corrected chi connectivity index (χ1v) is 10.5. The number of aliphatic hydroxyl groups is 2. The van der Waals surface area contributed by atoms with E-state index in [0.717, 1.165) is 6.92 Å². The molecular weight excluding hydrogens is 468 g/mol. The molecule has 14 heteroatoms. The van der Waals surface area contributed by atoms with E-state index in [4.69, 9.17) is 15.9 Å². The first kappa shape index (κ1) is 29.3. The molecule has 194 valence electrons. The zero-order valence-electron chi connectivity index (χ0n) is 18.9. The van der Waals surface area contributed by atoms with E-state index >= 15 is 0 Å². The Morgan fingerprint density at radius 2 is 1.46 bits per heavy atom. The number of hydrogen-bond acceptors (Lipinski definition) is 9. The Kier molecular flexibility index (Phi) is 11.6. The van der Waals surface area contributed by atoms with Gasteiger partial charge in [0.15, 0.2) is 6.04 Å². The number of carbonyl (C=O) groups is 5. The summed E-state index contributed by atoms with van der Waals surface area (Å²) < 4.78 is 0. The quantitative estimate of drug-likeness (QED) is 0.125. The third-order valence-corrected chi connectivity index (χ3v) is 4.87. The van der Waals surface area contributed by atoms with E-state index in [9.17, 15) is 39.3 Å². The SMILES string of the molecule is CC(O)C(NC(=O)C(CO)NC(=O)C(CCC(=O)O)NC(=O)C(N)Cc1ccc(O)cc1)C(=O)O. The van der Waals surface area contributed by atoms with Crippen LogP contribution in [0.1, 0.15) is 25.3 Å². The number of aliphatic carboxylic acids is 2. The van der Waals surface area contributed by atoms with Crippen LogP contribution in [0.3, 0.4) is 0 Å². The number of amides is 3. The Morgan fingerprint density at radius 1 is 0.914 bits per heavy atom. The molecule has 0 fully saturated rings. The minimum Gasteiger partial charge on any atom is -0.508 e. The maximum Gasteiger partial charge on any atom is 0.328 e. The van der Waals surface area contributed by atoms with Crippen molar-refractivity contribution in [2.24, 2.45) is 5.73 Å². The van der Waals surface area contributed by atoms with Crippen LogP contribution < -0.4 is 21.7 Å². The van der Waals surface area contributed by atoms with Gasteiger partial charge in [-0.25, -0.2) is 4.79 Å². The van der Waals surface area contributed by atoms with Crippen LogP contribution in [0.25, 0.3) is 0 Å². The molecule has 0 bridgehead atoms. The molecule has 3 amide bonds. The van der Waals surface area contributed by atoms with E-state index in [0.29, 0.717) is 5.56 Å². The van der Waals surface area contributed by atoms with Crippen LogP contribution in [0, 0.1) is 0 Å². The number of nitrogens with one attached hydrogen (secondary N) is 3. The highest BCUT2D eigenvalue weighted by molar-refractivity contribution is 5.94. The largest absolute Gasteiger partial charge is 0.508 e. The van der Waals surface area contributed by atoms with Gasteiger partial charge in [0.25, 0.3) is 0 Å². The predicted octanol–water partition coefficient (Wildman–Crippen LogP) is -2.96. The van der Waals surface area contributed by atoms with Gasteiger partial charge in [-0.05, 0) is 37.5 Å². The van der Waals surface area contributed by atoms with Crippen LogP contribution in [0.15, 0.2) is 24.3 Å². The fraction of sp³-hybridized carbons (Fsp3) is 0.476. The molecule has 5 atom stereocenters. The smallest absolute Gasteiger partial charge is 0.328 e. The standard InChI is InChI=1S/C21H30N4O10/c1-10(27)17(21(34)35)25-20(33)15(9-26)24-19(32)14(6-7-16(29)30)23-18(31)13(22)8-11-2-4-12(28)5-3-11/h2-5,10,13-15,17,26-28H,6-9,22H2,1H3,(H,23,31)(H,24,32)(H,25,33)(H,29,30)(H,34,35). The highest BCUT2D eigenvalue weighted by Crippen LogP contribution is 2.11. The van der Waals surface area contributed by atoms with Crippen LogP contribution in [0.4, 0.5) is 0 Å². The number of hydrogen-bond donors (Lipinski definition) is 9. The highest BCUT2D eigenvalue weighted by atomic mass is 16.4. The number of aromatic hydroxyl groups is 1. The maximum atomic E-state index is 12.7. The van der Waals surface area contributed by atoms with Crippen molar-refractivity contribution in [2.45, 2.75) is 56.5 Å². The Balaban J connectivity index is 2.89. The van der Waals surface area contributed by atoms with Gasteiger partial charge in [-0.3, -0.25) is 19.2 Å². The van der Waals surface area contributed by atoms with E-state index in [-0.39, 0.29) is 18.6 Å². The molecule has 0 radical (unpaired) electrons. The van der Waals surface area contributed by atoms with Crippen LogP contribution in [0.2, 0.25) is 0 Å². The minimum atomic E-state index is -1.71. The average Bonchev–Trinajstić information content (AvgIpc) is 2.78. The van der Waals surface area contributed by atoms with Gasteiger partial charge >= 0.3 is 11.9 Å². The Labute approximate surface area is 200 Å². The Morgan fingerprint density at radius 3 is 1.94 bits per heavy atom. The van der Waals surface area contributed by atoms with Crippen LogP contribution in [0.5, 0.6) is 5.75 Å². The number of phenolic OH excluding ortho intramolecular Hbond substituents is 1. The lowest BCUT2D eigenvalue weighted by atomic mass is 10.0. The van der Waals surface area contributed by atoms with Gasteiger partial charge in [-0.15, -0.1) is 0 Å². The van der Waals surface area contributed by atoms with Crippen molar-refractivity contribution >= 4 is 29.7 Å². The van der Waals surface area contributed by atoms with Gasteiger partial charge in [-0.1, -0.05) is 12.1 Å². The van der Waals surface area contributed by atoms with Gasteiger partial charge in [0.1, 0.15) is 17.8 Å². The van der Waals surface area contributed by atoms with Gasteiger partial charge in [0, 0.05) is 6.42 Å². The second-order valence-corrected chi connectivity index (χ2v) is 7.78. The van der Waals surface area contributed by atoms with Crippen molar-refractivity contribution in [1.82, 2.24) is 16.0 Å². The molecule has 5 unspecified atom stereocenters. The van der Waals surface area contributed by atoms with Crippen molar-refractivity contribution in [3.63, 3.8) is 0 Å². The summed E-state index contributed by atoms with van der Waals surface area (Å²) in [7, 11) is 0. The third kappa shape index (κ3) is 9.95. The number of carboxylic acid groups (broad SMARTS) is 2. The first-order chi connectivity index (χ1) is 16.3.